The first-order chi connectivity index (χ1) is 14.0. The number of thiazole rings is 1. The van der Waals surface area contributed by atoms with Crippen molar-refractivity contribution in [2.24, 2.45) is 0 Å². The lowest BCUT2D eigenvalue weighted by Gasteiger charge is -2.09. The van der Waals surface area contributed by atoms with Gasteiger partial charge >= 0.3 is 0 Å². The van der Waals surface area contributed by atoms with Gasteiger partial charge in [0, 0.05) is 23.9 Å². The molecule has 0 aliphatic rings. The van der Waals surface area contributed by atoms with Crippen LogP contribution >= 0.6 is 22.9 Å². The smallest absolute Gasteiger partial charge is 0.251 e. The highest BCUT2D eigenvalue weighted by Crippen LogP contribution is 2.22. The van der Waals surface area contributed by atoms with E-state index < -0.39 is 0 Å². The van der Waals surface area contributed by atoms with Crippen molar-refractivity contribution in [3.63, 3.8) is 0 Å². The van der Waals surface area contributed by atoms with Crippen LogP contribution in [0.5, 0.6) is 5.75 Å². The molecule has 0 aliphatic carbocycles. The number of benzene rings is 2. The van der Waals surface area contributed by atoms with Crippen LogP contribution in [0.15, 0.2) is 53.4 Å². The summed E-state index contributed by atoms with van der Waals surface area (Å²) in [5.41, 5.74) is 4.68. The van der Waals surface area contributed by atoms with Gasteiger partial charge in [-0.2, -0.15) is 0 Å². The maximum atomic E-state index is 12.2. The van der Waals surface area contributed by atoms with Gasteiger partial charge < -0.3 is 15.4 Å². The summed E-state index contributed by atoms with van der Waals surface area (Å²) >= 11 is 7.62. The number of carbonyl (C=O) groups is 2. The van der Waals surface area contributed by atoms with Gasteiger partial charge in [-0.15, -0.1) is 11.3 Å². The van der Waals surface area contributed by atoms with Gasteiger partial charge in [-0.1, -0.05) is 17.7 Å². The number of hydrogen-bond acceptors (Lipinski definition) is 5. The van der Waals surface area contributed by atoms with Crippen molar-refractivity contribution in [3.8, 4) is 5.75 Å². The number of ether oxygens (including phenoxy) is 1. The Labute approximate surface area is 177 Å². The van der Waals surface area contributed by atoms with Gasteiger partial charge in [-0.3, -0.25) is 9.59 Å². The first-order valence-electron chi connectivity index (χ1n) is 8.95. The normalized spacial score (nSPS) is 10.4. The molecule has 6 nitrogen and oxygen atoms in total. The molecule has 150 valence electrons. The molecule has 2 aromatic carbocycles. The summed E-state index contributed by atoms with van der Waals surface area (Å²) in [6.07, 6.45) is 0.144. The minimum Gasteiger partial charge on any atom is -0.487 e. The zero-order valence-corrected chi connectivity index (χ0v) is 17.3. The molecule has 0 fully saturated rings. The molecule has 1 aromatic heterocycles. The van der Waals surface area contributed by atoms with Crippen molar-refractivity contribution >= 4 is 40.4 Å². The van der Waals surface area contributed by atoms with Crippen LogP contribution in [0.4, 0.5) is 5.69 Å². The molecule has 2 amide bonds. The van der Waals surface area contributed by atoms with Crippen molar-refractivity contribution in [1.29, 1.82) is 0 Å². The van der Waals surface area contributed by atoms with Crippen molar-refractivity contribution in [2.75, 3.05) is 11.9 Å². The molecule has 0 spiro atoms. The monoisotopic (exact) mass is 429 g/mol. The van der Waals surface area contributed by atoms with E-state index in [2.05, 4.69) is 15.6 Å². The zero-order chi connectivity index (χ0) is 20.6. The Balaban J connectivity index is 1.42. The van der Waals surface area contributed by atoms with E-state index in [0.717, 1.165) is 11.3 Å². The number of nitrogens with one attached hydrogen (secondary N) is 2. The molecular weight excluding hydrogens is 410 g/mol. The summed E-state index contributed by atoms with van der Waals surface area (Å²) in [6, 6.07) is 12.2. The largest absolute Gasteiger partial charge is 0.487 e. The molecule has 1 heterocycles. The Morgan fingerprint density at radius 3 is 2.66 bits per heavy atom. The number of aryl methyl sites for hydroxylation is 1. The van der Waals surface area contributed by atoms with Gasteiger partial charge in [0.2, 0.25) is 5.91 Å². The molecule has 0 saturated carbocycles. The first kappa shape index (κ1) is 20.8. The minimum absolute atomic E-state index is 0.144. The number of rotatable bonds is 8. The lowest BCUT2D eigenvalue weighted by atomic mass is 10.2. The molecule has 3 aromatic rings. The summed E-state index contributed by atoms with van der Waals surface area (Å²) in [5.74, 6) is 0.183. The van der Waals surface area contributed by atoms with E-state index in [0.29, 0.717) is 28.6 Å². The van der Waals surface area contributed by atoms with E-state index in [1.54, 1.807) is 41.9 Å². The quantitative estimate of drug-likeness (QED) is 0.554. The van der Waals surface area contributed by atoms with Gasteiger partial charge in [0.25, 0.3) is 5.91 Å². The fourth-order valence-electron chi connectivity index (χ4n) is 2.49. The van der Waals surface area contributed by atoms with Crippen LogP contribution in [0, 0.1) is 6.92 Å². The van der Waals surface area contributed by atoms with Crippen LogP contribution in [0.25, 0.3) is 0 Å². The third-order valence-electron chi connectivity index (χ3n) is 4.02. The van der Waals surface area contributed by atoms with Crippen molar-refractivity contribution in [1.82, 2.24) is 10.3 Å². The number of hydrogen-bond donors (Lipinski definition) is 2. The highest BCUT2D eigenvalue weighted by Gasteiger charge is 2.09. The number of anilines is 1. The van der Waals surface area contributed by atoms with Gasteiger partial charge in [-0.25, -0.2) is 4.98 Å². The maximum Gasteiger partial charge on any atom is 0.251 e. The molecule has 0 bridgehead atoms. The second-order valence-corrected chi connectivity index (χ2v) is 7.46. The molecule has 0 radical (unpaired) electrons. The second kappa shape index (κ2) is 10.0. The van der Waals surface area contributed by atoms with Crippen LogP contribution in [0.2, 0.25) is 5.02 Å². The number of aromatic nitrogens is 1. The molecule has 3 rings (SSSR count). The molecule has 8 heteroatoms. The van der Waals surface area contributed by atoms with Crippen LogP contribution in [0.1, 0.15) is 28.0 Å². The van der Waals surface area contributed by atoms with E-state index >= 15 is 0 Å². The Hall–Kier alpha value is -2.90. The van der Waals surface area contributed by atoms with Gasteiger partial charge in [0.1, 0.15) is 12.4 Å². The van der Waals surface area contributed by atoms with E-state index in [1.807, 2.05) is 18.4 Å². The first-order valence-corrected chi connectivity index (χ1v) is 10.3. The lowest BCUT2D eigenvalue weighted by molar-refractivity contribution is -0.116. The van der Waals surface area contributed by atoms with E-state index in [1.165, 1.54) is 11.3 Å². The van der Waals surface area contributed by atoms with Crippen molar-refractivity contribution in [2.45, 2.75) is 20.0 Å². The fraction of sp³-hybridized carbons (Fsp3) is 0.190. The lowest BCUT2D eigenvalue weighted by Crippen LogP contribution is -2.27. The van der Waals surface area contributed by atoms with Crippen molar-refractivity contribution in [3.05, 3.63) is 75.2 Å². The topological polar surface area (TPSA) is 80.3 Å². The third kappa shape index (κ3) is 6.30. The van der Waals surface area contributed by atoms with Crippen LogP contribution in [0.3, 0.4) is 0 Å². The summed E-state index contributed by atoms with van der Waals surface area (Å²) in [5, 5.41) is 7.88. The molecule has 2 N–H and O–H groups in total. The molecule has 29 heavy (non-hydrogen) atoms. The van der Waals surface area contributed by atoms with E-state index in [9.17, 15) is 9.59 Å². The van der Waals surface area contributed by atoms with Gasteiger partial charge in [0.05, 0.1) is 21.9 Å². The van der Waals surface area contributed by atoms with Crippen molar-refractivity contribution < 1.29 is 14.3 Å². The SMILES string of the molecule is Cc1ccc(NC(=O)CCNC(=O)c2ccc(OCc3cscn3)cc2)c(Cl)c1. The van der Waals surface area contributed by atoms with E-state index in [4.69, 9.17) is 16.3 Å². The second-order valence-electron chi connectivity index (χ2n) is 6.33. The number of halogens is 1. The van der Waals surface area contributed by atoms with Crippen LogP contribution < -0.4 is 15.4 Å². The summed E-state index contributed by atoms with van der Waals surface area (Å²) < 4.78 is 5.62. The van der Waals surface area contributed by atoms with E-state index in [-0.39, 0.29) is 24.8 Å². The predicted octanol–water partition coefficient (Wildman–Crippen LogP) is 4.44. The average Bonchev–Trinajstić information content (AvgIpc) is 3.22. The summed E-state index contributed by atoms with van der Waals surface area (Å²) in [4.78, 5) is 28.4. The molecule has 0 unspecified atom stereocenters. The molecule has 0 aliphatic heterocycles. The number of amides is 2. The third-order valence-corrected chi connectivity index (χ3v) is 4.97. The maximum absolute atomic E-state index is 12.2. The Morgan fingerprint density at radius 2 is 1.97 bits per heavy atom. The average molecular weight is 430 g/mol. The van der Waals surface area contributed by atoms with Gasteiger partial charge in [0.15, 0.2) is 0 Å². The highest BCUT2D eigenvalue weighted by molar-refractivity contribution is 7.07. The molecule has 0 saturated heterocycles. The predicted molar refractivity (Wildman–Crippen MR) is 115 cm³/mol. The molecule has 0 atom stereocenters. The molecular formula is C21H20ClN3O3S. The highest BCUT2D eigenvalue weighted by atomic mass is 35.5. The summed E-state index contributed by atoms with van der Waals surface area (Å²) in [6.45, 7) is 2.53. The Morgan fingerprint density at radius 1 is 1.17 bits per heavy atom. The Bertz CT molecular complexity index is 975. The van der Waals surface area contributed by atoms with Gasteiger partial charge in [-0.05, 0) is 48.9 Å². The standard InChI is InChI=1S/C21H20ClN3O3S/c1-14-2-7-19(18(22)10-14)25-20(26)8-9-23-21(27)15-3-5-17(6-4-15)28-11-16-12-29-13-24-16/h2-7,10,12-13H,8-9,11H2,1H3,(H,23,27)(H,25,26). The van der Waals surface area contributed by atoms with Crippen LogP contribution in [-0.2, 0) is 11.4 Å². The zero-order valence-electron chi connectivity index (χ0n) is 15.8. The van der Waals surface area contributed by atoms with Crippen LogP contribution in [-0.4, -0.2) is 23.3 Å². The number of carbonyl (C=O) groups excluding carboxylic acids is 2. The number of nitrogens with zero attached hydrogens (tertiary/aromatic N) is 1. The Kier molecular flexibility index (Phi) is 7.21. The summed E-state index contributed by atoms with van der Waals surface area (Å²) in [7, 11) is 0. The fourth-order valence-corrected chi connectivity index (χ4v) is 3.32. The minimum atomic E-state index is -0.253.